The molecule has 0 saturated carbocycles. The third-order valence-corrected chi connectivity index (χ3v) is 3.21. The maximum atomic E-state index is 12.3. The van der Waals surface area contributed by atoms with Crippen LogP contribution < -0.4 is 10.6 Å². The van der Waals surface area contributed by atoms with Crippen molar-refractivity contribution in [3.05, 3.63) is 58.6 Å². The van der Waals surface area contributed by atoms with Crippen LogP contribution >= 0.6 is 11.6 Å². The van der Waals surface area contributed by atoms with Gasteiger partial charge in [0.05, 0.1) is 16.1 Å². The highest BCUT2D eigenvalue weighted by atomic mass is 35.5. The standard InChI is InChI=1S/C16H14ClN3O/c1-2-19-15-6-4-3-5-13(15)16(21)20-12-7-8-14(17)11(9-12)10-18/h3-9,19H,2H2,1H3,(H,20,21). The number of carbonyl (C=O) groups excluding carboxylic acids is 1. The Morgan fingerprint density at radius 3 is 2.76 bits per heavy atom. The molecule has 0 aromatic heterocycles. The predicted octanol–water partition coefficient (Wildman–Crippen LogP) is 3.90. The smallest absolute Gasteiger partial charge is 0.257 e. The lowest BCUT2D eigenvalue weighted by Gasteiger charge is -2.11. The van der Waals surface area contributed by atoms with E-state index in [-0.39, 0.29) is 5.91 Å². The van der Waals surface area contributed by atoms with Gasteiger partial charge in [0.2, 0.25) is 0 Å². The average molecular weight is 300 g/mol. The molecule has 1 amide bonds. The van der Waals surface area contributed by atoms with Gasteiger partial charge in [-0.25, -0.2) is 0 Å². The zero-order valence-electron chi connectivity index (χ0n) is 11.5. The molecule has 0 atom stereocenters. The fraction of sp³-hybridized carbons (Fsp3) is 0.125. The predicted molar refractivity (Wildman–Crippen MR) is 84.7 cm³/mol. The van der Waals surface area contributed by atoms with E-state index >= 15 is 0 Å². The van der Waals surface area contributed by atoms with Gasteiger partial charge in [-0.3, -0.25) is 4.79 Å². The molecule has 0 heterocycles. The van der Waals surface area contributed by atoms with Crippen LogP contribution in [0.5, 0.6) is 0 Å². The first-order chi connectivity index (χ1) is 10.2. The highest BCUT2D eigenvalue weighted by molar-refractivity contribution is 6.31. The quantitative estimate of drug-likeness (QED) is 0.900. The molecule has 0 unspecified atom stereocenters. The van der Waals surface area contributed by atoms with Crippen molar-refractivity contribution in [3.63, 3.8) is 0 Å². The molecule has 0 saturated heterocycles. The molecule has 0 aliphatic heterocycles. The van der Waals surface area contributed by atoms with Crippen LogP contribution in [0.1, 0.15) is 22.8 Å². The Morgan fingerprint density at radius 2 is 2.05 bits per heavy atom. The summed E-state index contributed by atoms with van der Waals surface area (Å²) in [4.78, 5) is 12.3. The minimum Gasteiger partial charge on any atom is -0.385 e. The first kappa shape index (κ1) is 14.9. The number of nitrogens with zero attached hydrogens (tertiary/aromatic N) is 1. The Morgan fingerprint density at radius 1 is 1.29 bits per heavy atom. The molecule has 0 radical (unpaired) electrons. The molecule has 4 nitrogen and oxygen atoms in total. The average Bonchev–Trinajstić information content (AvgIpc) is 2.50. The van der Waals surface area contributed by atoms with Gasteiger partial charge in [-0.1, -0.05) is 23.7 Å². The van der Waals surface area contributed by atoms with Gasteiger partial charge in [0.25, 0.3) is 5.91 Å². The Bertz CT molecular complexity index is 707. The number of hydrogen-bond donors (Lipinski definition) is 2. The van der Waals surface area contributed by atoms with E-state index in [1.807, 2.05) is 25.1 Å². The molecule has 5 heteroatoms. The maximum absolute atomic E-state index is 12.3. The Kier molecular flexibility index (Phi) is 4.81. The van der Waals surface area contributed by atoms with Crippen molar-refractivity contribution in [2.45, 2.75) is 6.92 Å². The monoisotopic (exact) mass is 299 g/mol. The van der Waals surface area contributed by atoms with E-state index in [1.54, 1.807) is 30.3 Å². The summed E-state index contributed by atoms with van der Waals surface area (Å²) in [5, 5.41) is 15.2. The van der Waals surface area contributed by atoms with Crippen molar-refractivity contribution in [2.24, 2.45) is 0 Å². The number of para-hydroxylation sites is 1. The van der Waals surface area contributed by atoms with E-state index < -0.39 is 0 Å². The lowest BCUT2D eigenvalue weighted by Crippen LogP contribution is -2.14. The van der Waals surface area contributed by atoms with Crippen molar-refractivity contribution in [3.8, 4) is 6.07 Å². The van der Waals surface area contributed by atoms with E-state index in [0.717, 1.165) is 12.2 Å². The molecular weight excluding hydrogens is 286 g/mol. The van der Waals surface area contributed by atoms with Crippen LogP contribution in [0.15, 0.2) is 42.5 Å². The van der Waals surface area contributed by atoms with Crippen LogP contribution in [0.2, 0.25) is 5.02 Å². The number of amides is 1. The number of halogens is 1. The number of rotatable bonds is 4. The maximum Gasteiger partial charge on any atom is 0.257 e. The van der Waals surface area contributed by atoms with E-state index in [0.29, 0.717) is 21.8 Å². The Hall–Kier alpha value is -2.51. The zero-order chi connectivity index (χ0) is 15.2. The SMILES string of the molecule is CCNc1ccccc1C(=O)Nc1ccc(Cl)c(C#N)c1. The van der Waals surface area contributed by atoms with Gasteiger partial charge in [-0.2, -0.15) is 5.26 Å². The fourth-order valence-corrected chi connectivity index (χ4v) is 2.07. The molecule has 2 rings (SSSR count). The van der Waals surface area contributed by atoms with Gasteiger partial charge in [-0.05, 0) is 37.3 Å². The molecule has 106 valence electrons. The lowest BCUT2D eigenvalue weighted by atomic mass is 10.1. The van der Waals surface area contributed by atoms with Crippen molar-refractivity contribution in [2.75, 3.05) is 17.2 Å². The highest BCUT2D eigenvalue weighted by Gasteiger charge is 2.11. The van der Waals surface area contributed by atoms with Crippen molar-refractivity contribution in [1.29, 1.82) is 5.26 Å². The number of nitrogens with one attached hydrogen (secondary N) is 2. The molecule has 0 aliphatic carbocycles. The number of carbonyl (C=O) groups is 1. The molecule has 0 bridgehead atoms. The molecule has 0 fully saturated rings. The molecule has 2 aromatic carbocycles. The fourth-order valence-electron chi connectivity index (χ4n) is 1.91. The summed E-state index contributed by atoms with van der Waals surface area (Å²) in [6, 6.07) is 14.1. The van der Waals surface area contributed by atoms with E-state index in [4.69, 9.17) is 16.9 Å². The third-order valence-electron chi connectivity index (χ3n) is 2.88. The largest absolute Gasteiger partial charge is 0.385 e. The highest BCUT2D eigenvalue weighted by Crippen LogP contribution is 2.21. The zero-order valence-corrected chi connectivity index (χ0v) is 12.2. The Balaban J connectivity index is 2.24. The summed E-state index contributed by atoms with van der Waals surface area (Å²) in [7, 11) is 0. The minimum atomic E-state index is -0.238. The summed E-state index contributed by atoms with van der Waals surface area (Å²) in [6.45, 7) is 2.69. The molecule has 21 heavy (non-hydrogen) atoms. The second-order valence-electron chi connectivity index (χ2n) is 4.34. The number of hydrogen-bond acceptors (Lipinski definition) is 3. The van der Waals surface area contributed by atoms with Gasteiger partial charge in [-0.15, -0.1) is 0 Å². The summed E-state index contributed by atoms with van der Waals surface area (Å²) in [5.41, 5.74) is 2.18. The van der Waals surface area contributed by atoms with Crippen LogP contribution in [0.4, 0.5) is 11.4 Å². The van der Waals surface area contributed by atoms with Crippen LogP contribution in [0, 0.1) is 11.3 Å². The summed E-state index contributed by atoms with van der Waals surface area (Å²) in [6.07, 6.45) is 0. The van der Waals surface area contributed by atoms with Gasteiger partial charge in [0.1, 0.15) is 6.07 Å². The van der Waals surface area contributed by atoms with Gasteiger partial charge in [0, 0.05) is 17.9 Å². The van der Waals surface area contributed by atoms with Gasteiger partial charge < -0.3 is 10.6 Å². The van der Waals surface area contributed by atoms with E-state index in [1.165, 1.54) is 0 Å². The minimum absolute atomic E-state index is 0.238. The van der Waals surface area contributed by atoms with Gasteiger partial charge >= 0.3 is 0 Å². The van der Waals surface area contributed by atoms with Crippen LogP contribution in [0.3, 0.4) is 0 Å². The van der Waals surface area contributed by atoms with E-state index in [2.05, 4.69) is 10.6 Å². The third kappa shape index (κ3) is 3.53. The van der Waals surface area contributed by atoms with Crippen LogP contribution in [-0.4, -0.2) is 12.5 Å². The topological polar surface area (TPSA) is 64.9 Å². The summed E-state index contributed by atoms with van der Waals surface area (Å²) in [5.74, 6) is -0.238. The lowest BCUT2D eigenvalue weighted by molar-refractivity contribution is 0.102. The molecule has 2 aromatic rings. The summed E-state index contributed by atoms with van der Waals surface area (Å²) < 4.78 is 0. The Labute approximate surface area is 128 Å². The van der Waals surface area contributed by atoms with Gasteiger partial charge in [0.15, 0.2) is 0 Å². The second kappa shape index (κ2) is 6.78. The van der Waals surface area contributed by atoms with Crippen molar-refractivity contribution in [1.82, 2.24) is 0 Å². The van der Waals surface area contributed by atoms with Crippen molar-refractivity contribution >= 4 is 28.9 Å². The first-order valence-corrected chi connectivity index (χ1v) is 6.87. The first-order valence-electron chi connectivity index (χ1n) is 6.49. The van der Waals surface area contributed by atoms with Crippen LogP contribution in [0.25, 0.3) is 0 Å². The summed E-state index contributed by atoms with van der Waals surface area (Å²) >= 11 is 5.87. The molecule has 0 spiro atoms. The number of benzene rings is 2. The van der Waals surface area contributed by atoms with E-state index in [9.17, 15) is 4.79 Å². The van der Waals surface area contributed by atoms with Crippen molar-refractivity contribution < 1.29 is 4.79 Å². The molecule has 0 aliphatic rings. The normalized spacial score (nSPS) is 9.76. The molecular formula is C16H14ClN3O. The molecule has 2 N–H and O–H groups in total. The second-order valence-corrected chi connectivity index (χ2v) is 4.74. The van der Waals surface area contributed by atoms with Crippen LogP contribution in [-0.2, 0) is 0 Å². The number of nitriles is 1. The number of anilines is 2.